The summed E-state index contributed by atoms with van der Waals surface area (Å²) in [6, 6.07) is 6.03. The summed E-state index contributed by atoms with van der Waals surface area (Å²) in [7, 11) is 0. The Morgan fingerprint density at radius 1 is 1.28 bits per heavy atom. The number of aryl methyl sites for hydroxylation is 1. The number of carbonyl (C=O) groups excluding carboxylic acids is 1. The van der Waals surface area contributed by atoms with Crippen molar-refractivity contribution in [1.29, 1.82) is 0 Å². The highest BCUT2D eigenvalue weighted by Gasteiger charge is 2.00. The third kappa shape index (κ3) is 6.05. The summed E-state index contributed by atoms with van der Waals surface area (Å²) in [5.74, 6) is -0.197. The van der Waals surface area contributed by atoms with Crippen molar-refractivity contribution < 1.29 is 9.53 Å². The third-order valence-electron chi connectivity index (χ3n) is 2.75. The van der Waals surface area contributed by atoms with E-state index in [2.05, 4.69) is 22.0 Å². The van der Waals surface area contributed by atoms with E-state index in [9.17, 15) is 4.79 Å². The van der Waals surface area contributed by atoms with Gasteiger partial charge in [0.25, 0.3) is 0 Å². The number of hydrogen-bond donors (Lipinski definition) is 1. The van der Waals surface area contributed by atoms with E-state index in [1.165, 1.54) is 12.5 Å². The number of rotatable bonds is 7. The van der Waals surface area contributed by atoms with Gasteiger partial charge in [0.2, 0.25) is 0 Å². The predicted octanol–water partition coefficient (Wildman–Crippen LogP) is 3.70. The quantitative estimate of drug-likeness (QED) is 0.474. The molecule has 0 aromatic heterocycles. The standard InChI is InChI=1S/C14H20BrNO2/c1-11(17)18-9-5-3-2-4-6-12-7-8-13(15)10-14(12)16/h7-8,10H,2-6,9,16H2,1H3. The molecule has 0 heterocycles. The molecule has 0 saturated carbocycles. The first kappa shape index (κ1) is 15.0. The molecule has 0 radical (unpaired) electrons. The molecule has 1 rings (SSSR count). The number of anilines is 1. The van der Waals surface area contributed by atoms with E-state index < -0.39 is 0 Å². The number of benzene rings is 1. The maximum absolute atomic E-state index is 10.5. The zero-order valence-corrected chi connectivity index (χ0v) is 12.3. The van der Waals surface area contributed by atoms with Gasteiger partial charge in [0.05, 0.1) is 6.61 Å². The monoisotopic (exact) mass is 313 g/mol. The molecule has 0 saturated heterocycles. The van der Waals surface area contributed by atoms with Crippen molar-refractivity contribution >= 4 is 27.6 Å². The molecule has 0 unspecified atom stereocenters. The van der Waals surface area contributed by atoms with E-state index in [-0.39, 0.29) is 5.97 Å². The first-order valence-corrected chi connectivity index (χ1v) is 7.06. The van der Waals surface area contributed by atoms with E-state index in [0.29, 0.717) is 6.61 Å². The van der Waals surface area contributed by atoms with Crippen LogP contribution in [0, 0.1) is 0 Å². The van der Waals surface area contributed by atoms with Crippen LogP contribution in [-0.4, -0.2) is 12.6 Å². The highest BCUT2D eigenvalue weighted by atomic mass is 79.9. The van der Waals surface area contributed by atoms with Crippen molar-refractivity contribution in [2.24, 2.45) is 0 Å². The fourth-order valence-electron chi connectivity index (χ4n) is 1.78. The van der Waals surface area contributed by atoms with Crippen LogP contribution in [0.5, 0.6) is 0 Å². The molecule has 100 valence electrons. The maximum atomic E-state index is 10.5. The number of esters is 1. The summed E-state index contributed by atoms with van der Waals surface area (Å²) in [4.78, 5) is 10.5. The van der Waals surface area contributed by atoms with Crippen molar-refractivity contribution in [3.8, 4) is 0 Å². The molecule has 0 atom stereocenters. The number of carbonyl (C=O) groups is 1. The smallest absolute Gasteiger partial charge is 0.302 e. The van der Waals surface area contributed by atoms with E-state index in [4.69, 9.17) is 10.5 Å². The molecular weight excluding hydrogens is 294 g/mol. The zero-order chi connectivity index (χ0) is 13.4. The van der Waals surface area contributed by atoms with Gasteiger partial charge >= 0.3 is 5.97 Å². The summed E-state index contributed by atoms with van der Waals surface area (Å²) in [6.07, 6.45) is 5.29. The molecule has 0 bridgehead atoms. The Morgan fingerprint density at radius 2 is 2.00 bits per heavy atom. The number of nitrogen functional groups attached to an aromatic ring is 1. The fourth-order valence-corrected chi connectivity index (χ4v) is 2.16. The molecule has 2 N–H and O–H groups in total. The molecule has 4 heteroatoms. The van der Waals surface area contributed by atoms with Crippen molar-refractivity contribution in [3.05, 3.63) is 28.2 Å². The van der Waals surface area contributed by atoms with Gasteiger partial charge in [0, 0.05) is 17.1 Å². The van der Waals surface area contributed by atoms with Crippen molar-refractivity contribution in [1.82, 2.24) is 0 Å². The Morgan fingerprint density at radius 3 is 2.67 bits per heavy atom. The Hall–Kier alpha value is -1.03. The Kier molecular flexibility index (Phi) is 6.80. The van der Waals surface area contributed by atoms with Crippen LogP contribution in [0.15, 0.2) is 22.7 Å². The van der Waals surface area contributed by atoms with Crippen LogP contribution in [0.2, 0.25) is 0 Å². The Labute approximate surface area is 117 Å². The minimum Gasteiger partial charge on any atom is -0.466 e. The summed E-state index contributed by atoms with van der Waals surface area (Å²) in [5, 5.41) is 0. The second-order valence-electron chi connectivity index (χ2n) is 4.35. The lowest BCUT2D eigenvalue weighted by atomic mass is 10.0. The van der Waals surface area contributed by atoms with Gasteiger partial charge in [-0.1, -0.05) is 34.8 Å². The average molecular weight is 314 g/mol. The van der Waals surface area contributed by atoms with Gasteiger partial charge in [-0.2, -0.15) is 0 Å². The van der Waals surface area contributed by atoms with Gasteiger partial charge in [-0.3, -0.25) is 4.79 Å². The summed E-state index contributed by atoms with van der Waals surface area (Å²) >= 11 is 3.40. The SMILES string of the molecule is CC(=O)OCCCCCCc1ccc(Br)cc1N. The molecule has 1 aromatic rings. The lowest BCUT2D eigenvalue weighted by Crippen LogP contribution is -2.00. The molecule has 0 aliphatic heterocycles. The van der Waals surface area contributed by atoms with Crippen LogP contribution in [0.1, 0.15) is 38.2 Å². The van der Waals surface area contributed by atoms with Crippen LogP contribution in [0.3, 0.4) is 0 Å². The van der Waals surface area contributed by atoms with Crippen LogP contribution >= 0.6 is 15.9 Å². The number of halogens is 1. The number of nitrogens with two attached hydrogens (primary N) is 1. The fraction of sp³-hybridized carbons (Fsp3) is 0.500. The Balaban J connectivity index is 2.12. The van der Waals surface area contributed by atoms with Crippen LogP contribution < -0.4 is 5.73 Å². The second kappa shape index (κ2) is 8.14. The normalized spacial score (nSPS) is 10.3. The van der Waals surface area contributed by atoms with Gasteiger partial charge in [-0.05, 0) is 37.0 Å². The molecule has 0 amide bonds. The first-order chi connectivity index (χ1) is 8.59. The zero-order valence-electron chi connectivity index (χ0n) is 10.7. The molecule has 0 aliphatic carbocycles. The first-order valence-electron chi connectivity index (χ1n) is 6.27. The molecule has 3 nitrogen and oxygen atoms in total. The van der Waals surface area contributed by atoms with Crippen LogP contribution in [-0.2, 0) is 16.0 Å². The molecule has 0 aliphatic rings. The summed E-state index contributed by atoms with van der Waals surface area (Å²) < 4.78 is 5.89. The van der Waals surface area contributed by atoms with E-state index >= 15 is 0 Å². The number of unbranched alkanes of at least 4 members (excludes halogenated alkanes) is 3. The highest BCUT2D eigenvalue weighted by Crippen LogP contribution is 2.20. The third-order valence-corrected chi connectivity index (χ3v) is 3.25. The topological polar surface area (TPSA) is 52.3 Å². The van der Waals surface area contributed by atoms with Crippen molar-refractivity contribution in [2.45, 2.75) is 39.0 Å². The van der Waals surface area contributed by atoms with E-state index in [0.717, 1.165) is 42.3 Å². The van der Waals surface area contributed by atoms with Crippen LogP contribution in [0.25, 0.3) is 0 Å². The summed E-state index contributed by atoms with van der Waals surface area (Å²) in [6.45, 7) is 1.98. The summed E-state index contributed by atoms with van der Waals surface area (Å²) in [5.41, 5.74) is 7.99. The van der Waals surface area contributed by atoms with E-state index in [1.807, 2.05) is 12.1 Å². The molecule has 0 spiro atoms. The molecule has 18 heavy (non-hydrogen) atoms. The van der Waals surface area contributed by atoms with E-state index in [1.54, 1.807) is 0 Å². The van der Waals surface area contributed by atoms with Crippen molar-refractivity contribution in [2.75, 3.05) is 12.3 Å². The van der Waals surface area contributed by atoms with Gasteiger partial charge in [-0.25, -0.2) is 0 Å². The highest BCUT2D eigenvalue weighted by molar-refractivity contribution is 9.10. The number of ether oxygens (including phenoxy) is 1. The maximum Gasteiger partial charge on any atom is 0.302 e. The molecule has 1 aromatic carbocycles. The second-order valence-corrected chi connectivity index (χ2v) is 5.26. The average Bonchev–Trinajstić information content (AvgIpc) is 2.30. The minimum atomic E-state index is -0.197. The van der Waals surface area contributed by atoms with Gasteiger partial charge < -0.3 is 10.5 Å². The molecule has 0 fully saturated rings. The van der Waals surface area contributed by atoms with Gasteiger partial charge in [-0.15, -0.1) is 0 Å². The van der Waals surface area contributed by atoms with Crippen LogP contribution in [0.4, 0.5) is 5.69 Å². The Bertz CT molecular complexity index is 393. The van der Waals surface area contributed by atoms with Gasteiger partial charge in [0.1, 0.15) is 0 Å². The van der Waals surface area contributed by atoms with Gasteiger partial charge in [0.15, 0.2) is 0 Å². The minimum absolute atomic E-state index is 0.197. The lowest BCUT2D eigenvalue weighted by molar-refractivity contribution is -0.141. The molecular formula is C14H20BrNO2. The van der Waals surface area contributed by atoms with Crippen molar-refractivity contribution in [3.63, 3.8) is 0 Å². The predicted molar refractivity (Wildman–Crippen MR) is 77.4 cm³/mol. The lowest BCUT2D eigenvalue weighted by Gasteiger charge is -2.06. The number of hydrogen-bond acceptors (Lipinski definition) is 3. The largest absolute Gasteiger partial charge is 0.466 e.